The molecule has 3 aromatic carbocycles. The Balaban J connectivity index is 1.36. The van der Waals surface area contributed by atoms with E-state index in [1.165, 1.54) is 37.5 Å². The van der Waals surface area contributed by atoms with E-state index in [9.17, 15) is 0 Å². The van der Waals surface area contributed by atoms with Crippen molar-refractivity contribution in [3.05, 3.63) is 148 Å². The van der Waals surface area contributed by atoms with Gasteiger partial charge in [0.15, 0.2) is 5.82 Å². The third-order valence-corrected chi connectivity index (χ3v) is 11.3. The molecule has 4 heteroatoms. The molecule has 2 aliphatic heterocycles. The molecule has 0 amide bonds. The number of anilines is 2. The minimum absolute atomic E-state index is 0.124. The Kier molecular flexibility index (Phi) is 7.15. The SMILES string of the molecule is C=Cc1c(/C=C\C)nc(-c2ccc3c(c2)C(C)(C)C2C=CC=C4c5sc6ccccc6c5N3C42)nc1-c1cccc(=C)ccccc1=C. The summed E-state index contributed by atoms with van der Waals surface area (Å²) in [4.78, 5) is 14.4. The number of fused-ring (bicyclic) bond motifs is 7. The van der Waals surface area contributed by atoms with Crippen LogP contribution < -0.4 is 15.3 Å². The average Bonchev–Trinajstić information content (AvgIpc) is 3.62. The maximum absolute atomic E-state index is 5.28. The zero-order valence-electron chi connectivity index (χ0n) is 27.6. The Morgan fingerprint density at radius 1 is 0.917 bits per heavy atom. The molecule has 0 N–H and O–H groups in total. The van der Waals surface area contributed by atoms with Gasteiger partial charge in [0.25, 0.3) is 0 Å². The van der Waals surface area contributed by atoms with E-state index in [1.807, 2.05) is 72.9 Å². The summed E-state index contributed by atoms with van der Waals surface area (Å²) in [6, 6.07) is 29.9. The van der Waals surface area contributed by atoms with Gasteiger partial charge in [0.05, 0.1) is 28.0 Å². The number of allylic oxidation sites excluding steroid dienone is 3. The highest BCUT2D eigenvalue weighted by atomic mass is 32.1. The van der Waals surface area contributed by atoms with Crippen molar-refractivity contribution in [3.63, 3.8) is 0 Å². The first-order valence-electron chi connectivity index (χ1n) is 16.4. The first-order chi connectivity index (χ1) is 23.3. The first kappa shape index (κ1) is 30.0. The molecule has 0 radical (unpaired) electrons. The molecule has 5 aromatic rings. The van der Waals surface area contributed by atoms with Crippen LogP contribution in [0, 0.1) is 5.92 Å². The van der Waals surface area contributed by atoms with Gasteiger partial charge in [0, 0.05) is 43.8 Å². The Bertz CT molecular complexity index is 2420. The zero-order chi connectivity index (χ0) is 33.2. The molecule has 1 aliphatic carbocycles. The van der Waals surface area contributed by atoms with Gasteiger partial charge < -0.3 is 4.90 Å². The van der Waals surface area contributed by atoms with Crippen molar-refractivity contribution in [2.75, 3.05) is 4.90 Å². The van der Waals surface area contributed by atoms with E-state index in [0.717, 1.165) is 38.5 Å². The number of thiophene rings is 1. The smallest absolute Gasteiger partial charge is 0.160 e. The summed E-state index contributed by atoms with van der Waals surface area (Å²) in [5.74, 6) is 0.992. The summed E-state index contributed by atoms with van der Waals surface area (Å²) in [6.07, 6.45) is 12.9. The molecule has 0 fully saturated rings. The standard InChI is InChI=1S/C44H37N3S/c1-7-15-36-30(8-2)39(31-20-13-17-27(3)16-9-10-18-28(31)4)46-43(45-36)29-24-25-37-35(26-29)44(5,6)34-22-14-21-33-40(34)47(37)41-32-19-11-12-23-38(32)48-42(33)41/h7-26,34,40H,2-4H2,1,5-6H3/b15-7-,16-9?,17-13?,18-10?,31-20?. The van der Waals surface area contributed by atoms with Gasteiger partial charge in [-0.05, 0) is 58.8 Å². The van der Waals surface area contributed by atoms with Gasteiger partial charge in [0.1, 0.15) is 0 Å². The lowest BCUT2D eigenvalue weighted by molar-refractivity contribution is 0.341. The molecule has 3 nitrogen and oxygen atoms in total. The van der Waals surface area contributed by atoms with E-state index in [1.54, 1.807) is 0 Å². The Morgan fingerprint density at radius 3 is 2.54 bits per heavy atom. The van der Waals surface area contributed by atoms with E-state index in [2.05, 4.69) is 105 Å². The second-order valence-electron chi connectivity index (χ2n) is 13.2. The molecule has 4 heterocycles. The van der Waals surface area contributed by atoms with Crippen LogP contribution in [0.15, 0.2) is 116 Å². The van der Waals surface area contributed by atoms with Crippen LogP contribution in [0.1, 0.15) is 42.5 Å². The van der Waals surface area contributed by atoms with Crippen LogP contribution >= 0.6 is 11.3 Å². The predicted octanol–water partition coefficient (Wildman–Crippen LogP) is 10.0. The number of aromatic nitrogens is 2. The van der Waals surface area contributed by atoms with Crippen molar-refractivity contribution in [3.8, 4) is 22.6 Å². The number of rotatable bonds is 4. The lowest BCUT2D eigenvalue weighted by Crippen LogP contribution is -2.49. The van der Waals surface area contributed by atoms with Crippen LogP contribution in [-0.2, 0) is 5.41 Å². The number of nitrogens with zero attached hydrogens (tertiary/aromatic N) is 3. The molecule has 2 atom stereocenters. The van der Waals surface area contributed by atoms with Crippen LogP contribution in [0.4, 0.5) is 11.4 Å². The van der Waals surface area contributed by atoms with Crippen molar-refractivity contribution in [1.82, 2.24) is 9.97 Å². The molecule has 0 bridgehead atoms. The topological polar surface area (TPSA) is 29.0 Å². The monoisotopic (exact) mass is 639 g/mol. The molecular formula is C44H37N3S. The Labute approximate surface area is 286 Å². The van der Waals surface area contributed by atoms with Crippen LogP contribution in [0.5, 0.6) is 0 Å². The quantitative estimate of drug-likeness (QED) is 0.196. The molecule has 8 rings (SSSR count). The van der Waals surface area contributed by atoms with Gasteiger partial charge in [0.2, 0.25) is 0 Å². The normalized spacial score (nSPS) is 18.2. The summed E-state index contributed by atoms with van der Waals surface area (Å²) in [6.45, 7) is 19.5. The third-order valence-electron chi connectivity index (χ3n) is 10.0. The molecule has 0 saturated heterocycles. The number of benzene rings is 2. The van der Waals surface area contributed by atoms with E-state index in [4.69, 9.17) is 9.97 Å². The van der Waals surface area contributed by atoms with Gasteiger partial charge in [-0.1, -0.05) is 125 Å². The molecule has 2 aromatic heterocycles. The van der Waals surface area contributed by atoms with Crippen molar-refractivity contribution < 1.29 is 0 Å². The average molecular weight is 640 g/mol. The van der Waals surface area contributed by atoms with Gasteiger partial charge >= 0.3 is 0 Å². The number of hydrogen-bond acceptors (Lipinski definition) is 4. The fourth-order valence-corrected chi connectivity index (χ4v) is 8.94. The van der Waals surface area contributed by atoms with Gasteiger partial charge in [-0.2, -0.15) is 0 Å². The molecule has 0 spiro atoms. The van der Waals surface area contributed by atoms with E-state index < -0.39 is 0 Å². The van der Waals surface area contributed by atoms with E-state index in [-0.39, 0.29) is 11.5 Å². The Hall–Kier alpha value is -5.32. The lowest BCUT2D eigenvalue weighted by Gasteiger charge is -2.49. The maximum Gasteiger partial charge on any atom is 0.160 e. The molecule has 0 saturated carbocycles. The van der Waals surface area contributed by atoms with Crippen LogP contribution in [0.2, 0.25) is 0 Å². The maximum atomic E-state index is 5.28. The summed E-state index contributed by atoms with van der Waals surface area (Å²) < 4.78 is 1.33. The predicted molar refractivity (Wildman–Crippen MR) is 207 cm³/mol. The summed E-state index contributed by atoms with van der Waals surface area (Å²) in [5.41, 5.74) is 9.62. The number of hydrogen-bond donors (Lipinski definition) is 0. The van der Waals surface area contributed by atoms with E-state index in [0.29, 0.717) is 11.7 Å². The summed E-state index contributed by atoms with van der Waals surface area (Å²) in [7, 11) is 0. The van der Waals surface area contributed by atoms with Crippen molar-refractivity contribution in [2.24, 2.45) is 5.92 Å². The highest BCUT2D eigenvalue weighted by molar-refractivity contribution is 7.21. The summed E-state index contributed by atoms with van der Waals surface area (Å²) in [5, 5.41) is 3.10. The first-order valence-corrected chi connectivity index (χ1v) is 17.3. The minimum Gasteiger partial charge on any atom is -0.331 e. The lowest BCUT2D eigenvalue weighted by atomic mass is 9.64. The molecular weight excluding hydrogens is 603 g/mol. The highest BCUT2D eigenvalue weighted by Crippen LogP contribution is 2.62. The molecule has 3 aliphatic rings. The van der Waals surface area contributed by atoms with Crippen LogP contribution in [0.3, 0.4) is 0 Å². The second kappa shape index (κ2) is 11.4. The summed E-state index contributed by atoms with van der Waals surface area (Å²) >= 11 is 1.92. The van der Waals surface area contributed by atoms with Crippen molar-refractivity contribution >= 4 is 63.7 Å². The minimum atomic E-state index is -0.124. The van der Waals surface area contributed by atoms with Crippen LogP contribution in [-0.4, -0.2) is 16.0 Å². The van der Waals surface area contributed by atoms with Crippen molar-refractivity contribution in [2.45, 2.75) is 32.2 Å². The van der Waals surface area contributed by atoms with E-state index >= 15 is 0 Å². The zero-order valence-corrected chi connectivity index (χ0v) is 28.4. The fourth-order valence-electron chi connectivity index (χ4n) is 7.69. The van der Waals surface area contributed by atoms with Crippen LogP contribution in [0.25, 0.3) is 63.6 Å². The molecule has 2 unspecified atom stereocenters. The van der Waals surface area contributed by atoms with Gasteiger partial charge in [-0.15, -0.1) is 11.3 Å². The highest BCUT2D eigenvalue weighted by Gasteiger charge is 2.52. The van der Waals surface area contributed by atoms with Gasteiger partial charge in [-0.25, -0.2) is 9.97 Å². The third kappa shape index (κ3) is 4.55. The van der Waals surface area contributed by atoms with Crippen molar-refractivity contribution in [1.29, 1.82) is 0 Å². The largest absolute Gasteiger partial charge is 0.331 e. The Morgan fingerprint density at radius 2 is 1.71 bits per heavy atom. The van der Waals surface area contributed by atoms with Gasteiger partial charge in [-0.3, -0.25) is 0 Å². The second-order valence-corrected chi connectivity index (χ2v) is 14.3. The molecule has 48 heavy (non-hydrogen) atoms. The molecule has 234 valence electrons. The fraction of sp³-hybridized carbons (Fsp3) is 0.136.